The number of hydrogen-bond donors (Lipinski definition) is 1. The Balaban J connectivity index is 2.85. The van der Waals surface area contributed by atoms with E-state index in [9.17, 15) is 0 Å². The van der Waals surface area contributed by atoms with Gasteiger partial charge in [-0.15, -0.1) is 11.3 Å². The van der Waals surface area contributed by atoms with Crippen LogP contribution in [0.3, 0.4) is 0 Å². The molecular weight excluding hydrogens is 220 g/mol. The Labute approximate surface area is 102 Å². The SMILES string of the molecule is CCONC(C)c1sc(C(C)(C)C)nc1C. The normalized spacial score (nSPS) is 14.1. The zero-order valence-corrected chi connectivity index (χ0v) is 11.9. The predicted octanol–water partition coefficient (Wildman–Crippen LogP) is 3.35. The first kappa shape index (κ1) is 13.6. The summed E-state index contributed by atoms with van der Waals surface area (Å²) in [4.78, 5) is 11.1. The van der Waals surface area contributed by atoms with Crippen molar-refractivity contribution in [2.75, 3.05) is 6.61 Å². The Morgan fingerprint density at radius 1 is 1.44 bits per heavy atom. The van der Waals surface area contributed by atoms with Crippen LogP contribution in [0, 0.1) is 6.92 Å². The molecule has 3 nitrogen and oxygen atoms in total. The van der Waals surface area contributed by atoms with Gasteiger partial charge in [-0.25, -0.2) is 4.98 Å². The van der Waals surface area contributed by atoms with Gasteiger partial charge in [0.15, 0.2) is 0 Å². The van der Waals surface area contributed by atoms with Gasteiger partial charge >= 0.3 is 0 Å². The van der Waals surface area contributed by atoms with Gasteiger partial charge in [0.05, 0.1) is 23.4 Å². The number of thiazole rings is 1. The standard InChI is InChI=1S/C12H22N2OS/c1-7-15-14-9(3)10-8(2)13-11(16-10)12(4,5)6/h9,14H,7H2,1-6H3. The molecule has 0 aliphatic carbocycles. The summed E-state index contributed by atoms with van der Waals surface area (Å²) >= 11 is 1.77. The predicted molar refractivity (Wildman–Crippen MR) is 68.7 cm³/mol. The lowest BCUT2D eigenvalue weighted by molar-refractivity contribution is 0.0291. The first-order valence-electron chi connectivity index (χ1n) is 5.71. The lowest BCUT2D eigenvalue weighted by Gasteiger charge is -2.14. The molecule has 0 radical (unpaired) electrons. The second kappa shape index (κ2) is 5.25. The van der Waals surface area contributed by atoms with E-state index in [0.717, 1.165) is 5.69 Å². The maximum absolute atomic E-state index is 5.23. The van der Waals surface area contributed by atoms with Crippen molar-refractivity contribution in [2.24, 2.45) is 0 Å². The monoisotopic (exact) mass is 242 g/mol. The number of nitrogens with one attached hydrogen (secondary N) is 1. The number of aromatic nitrogens is 1. The topological polar surface area (TPSA) is 34.1 Å². The van der Waals surface area contributed by atoms with Gasteiger partial charge in [-0.2, -0.15) is 5.48 Å². The molecule has 1 atom stereocenters. The molecular formula is C12H22N2OS. The maximum atomic E-state index is 5.23. The summed E-state index contributed by atoms with van der Waals surface area (Å²) in [5.74, 6) is 0. The van der Waals surface area contributed by atoms with Crippen LogP contribution >= 0.6 is 11.3 Å². The van der Waals surface area contributed by atoms with E-state index in [2.05, 4.69) is 45.1 Å². The highest BCUT2D eigenvalue weighted by Gasteiger charge is 2.22. The van der Waals surface area contributed by atoms with Crippen LogP contribution in [0.4, 0.5) is 0 Å². The molecule has 0 amide bonds. The fourth-order valence-corrected chi connectivity index (χ4v) is 2.51. The van der Waals surface area contributed by atoms with Gasteiger partial charge in [0.25, 0.3) is 0 Å². The second-order valence-corrected chi connectivity index (χ2v) is 6.02. The molecule has 0 saturated heterocycles. The second-order valence-electron chi connectivity index (χ2n) is 4.99. The summed E-state index contributed by atoms with van der Waals surface area (Å²) in [7, 11) is 0. The Bertz CT molecular complexity index is 341. The highest BCUT2D eigenvalue weighted by atomic mass is 32.1. The third-order valence-electron chi connectivity index (χ3n) is 2.27. The number of hydroxylamine groups is 1. The number of hydrogen-bond acceptors (Lipinski definition) is 4. The quantitative estimate of drug-likeness (QED) is 0.822. The van der Waals surface area contributed by atoms with Crippen LogP contribution in [0.25, 0.3) is 0 Å². The maximum Gasteiger partial charge on any atom is 0.0985 e. The molecule has 0 fully saturated rings. The first-order valence-corrected chi connectivity index (χ1v) is 6.53. The van der Waals surface area contributed by atoms with Gasteiger partial charge in [0.2, 0.25) is 0 Å². The Hall–Kier alpha value is -0.450. The minimum Gasteiger partial charge on any atom is -0.301 e. The molecule has 0 bridgehead atoms. The lowest BCUT2D eigenvalue weighted by atomic mass is 9.98. The molecule has 0 aliphatic rings. The van der Waals surface area contributed by atoms with Gasteiger partial charge in [-0.1, -0.05) is 20.8 Å². The largest absolute Gasteiger partial charge is 0.301 e. The van der Waals surface area contributed by atoms with Crippen LogP contribution in [-0.2, 0) is 10.3 Å². The highest BCUT2D eigenvalue weighted by molar-refractivity contribution is 7.12. The van der Waals surface area contributed by atoms with Crippen molar-refractivity contribution in [3.63, 3.8) is 0 Å². The molecule has 1 heterocycles. The zero-order valence-electron chi connectivity index (χ0n) is 11.0. The molecule has 0 aromatic carbocycles. The summed E-state index contributed by atoms with van der Waals surface area (Å²) in [5, 5.41) is 1.19. The smallest absolute Gasteiger partial charge is 0.0985 e. The van der Waals surface area contributed by atoms with Crippen molar-refractivity contribution in [3.05, 3.63) is 15.6 Å². The average Bonchev–Trinajstić information content (AvgIpc) is 2.56. The molecule has 4 heteroatoms. The number of aryl methyl sites for hydroxylation is 1. The third kappa shape index (κ3) is 3.27. The van der Waals surface area contributed by atoms with Gasteiger partial charge in [-0.3, -0.25) is 0 Å². The fourth-order valence-electron chi connectivity index (χ4n) is 1.39. The summed E-state index contributed by atoms with van der Waals surface area (Å²) in [5.41, 5.74) is 4.25. The van der Waals surface area contributed by atoms with E-state index in [1.54, 1.807) is 11.3 Å². The van der Waals surface area contributed by atoms with Crippen molar-refractivity contribution < 1.29 is 4.84 Å². The van der Waals surface area contributed by atoms with E-state index >= 15 is 0 Å². The molecule has 1 aromatic heterocycles. The molecule has 92 valence electrons. The Morgan fingerprint density at radius 2 is 2.06 bits per heavy atom. The van der Waals surface area contributed by atoms with Gasteiger partial charge in [-0.05, 0) is 20.8 Å². The van der Waals surface area contributed by atoms with Crippen molar-refractivity contribution in [1.29, 1.82) is 0 Å². The summed E-state index contributed by atoms with van der Waals surface area (Å²) in [6.45, 7) is 13.4. The zero-order chi connectivity index (χ0) is 12.3. The lowest BCUT2D eigenvalue weighted by Crippen LogP contribution is -2.18. The number of rotatable bonds is 4. The minimum absolute atomic E-state index is 0.124. The van der Waals surface area contributed by atoms with Gasteiger partial charge < -0.3 is 4.84 Å². The van der Waals surface area contributed by atoms with Crippen molar-refractivity contribution in [3.8, 4) is 0 Å². The van der Waals surface area contributed by atoms with Crippen LogP contribution in [0.15, 0.2) is 0 Å². The van der Waals surface area contributed by atoms with Gasteiger partial charge in [0.1, 0.15) is 0 Å². The molecule has 1 rings (SSSR count). The highest BCUT2D eigenvalue weighted by Crippen LogP contribution is 2.32. The molecule has 16 heavy (non-hydrogen) atoms. The Morgan fingerprint density at radius 3 is 2.50 bits per heavy atom. The van der Waals surface area contributed by atoms with Crippen molar-refractivity contribution in [1.82, 2.24) is 10.5 Å². The van der Waals surface area contributed by atoms with E-state index < -0.39 is 0 Å². The van der Waals surface area contributed by atoms with Crippen molar-refractivity contribution in [2.45, 2.75) is 53.0 Å². The van der Waals surface area contributed by atoms with Gasteiger partial charge in [0, 0.05) is 10.3 Å². The van der Waals surface area contributed by atoms with Crippen LogP contribution in [0.1, 0.15) is 56.2 Å². The number of nitrogens with zero attached hydrogens (tertiary/aromatic N) is 1. The van der Waals surface area contributed by atoms with E-state index in [1.807, 2.05) is 6.92 Å². The molecule has 0 spiro atoms. The molecule has 1 unspecified atom stereocenters. The summed E-state index contributed by atoms with van der Waals surface area (Å²) in [6, 6.07) is 0.202. The molecule has 1 N–H and O–H groups in total. The van der Waals surface area contributed by atoms with E-state index in [1.165, 1.54) is 9.88 Å². The summed E-state index contributed by atoms with van der Waals surface area (Å²) in [6.07, 6.45) is 0. The molecule has 1 aromatic rings. The van der Waals surface area contributed by atoms with Crippen LogP contribution < -0.4 is 5.48 Å². The van der Waals surface area contributed by atoms with Crippen LogP contribution in [0.5, 0.6) is 0 Å². The van der Waals surface area contributed by atoms with Crippen LogP contribution in [0.2, 0.25) is 0 Å². The molecule has 0 aliphatic heterocycles. The van der Waals surface area contributed by atoms with E-state index in [0.29, 0.717) is 6.61 Å². The molecule has 0 saturated carbocycles. The third-order valence-corrected chi connectivity index (χ3v) is 4.04. The average molecular weight is 242 g/mol. The Kier molecular flexibility index (Phi) is 4.47. The van der Waals surface area contributed by atoms with E-state index in [-0.39, 0.29) is 11.5 Å². The van der Waals surface area contributed by atoms with Crippen LogP contribution in [-0.4, -0.2) is 11.6 Å². The summed E-state index contributed by atoms with van der Waals surface area (Å²) < 4.78 is 0. The van der Waals surface area contributed by atoms with E-state index in [4.69, 9.17) is 4.84 Å². The van der Waals surface area contributed by atoms with Crippen molar-refractivity contribution >= 4 is 11.3 Å². The fraction of sp³-hybridized carbons (Fsp3) is 0.750. The minimum atomic E-state index is 0.124. The first-order chi connectivity index (χ1) is 7.36.